The summed E-state index contributed by atoms with van der Waals surface area (Å²) in [6.45, 7) is 2.17. The number of nitrogens with one attached hydrogen (secondary N) is 1. The number of aliphatic hydroxyl groups excluding tert-OH is 1. The first-order valence-corrected chi connectivity index (χ1v) is 5.31. The number of methoxy groups -OCH3 is 1. The van der Waals surface area contributed by atoms with Crippen molar-refractivity contribution in [1.29, 1.82) is 0 Å². The van der Waals surface area contributed by atoms with Gasteiger partial charge in [-0.15, -0.1) is 0 Å². The Balaban J connectivity index is 1.84. The smallest absolute Gasteiger partial charge is 0.0897 e. The zero-order valence-electron chi connectivity index (χ0n) is 8.87. The van der Waals surface area contributed by atoms with E-state index in [1.165, 1.54) is 19.3 Å². The van der Waals surface area contributed by atoms with E-state index in [9.17, 15) is 5.11 Å². The van der Waals surface area contributed by atoms with Gasteiger partial charge >= 0.3 is 0 Å². The maximum absolute atomic E-state index is 9.49. The largest absolute Gasteiger partial charge is 0.389 e. The molecule has 0 aromatic rings. The lowest BCUT2D eigenvalue weighted by atomic mass is 9.93. The van der Waals surface area contributed by atoms with Crippen molar-refractivity contribution < 1.29 is 14.6 Å². The summed E-state index contributed by atoms with van der Waals surface area (Å²) in [5, 5.41) is 12.8. The second-order valence-corrected chi connectivity index (χ2v) is 3.76. The normalized spacial score (nSPS) is 19.3. The van der Waals surface area contributed by atoms with Crippen LogP contribution in [0.1, 0.15) is 19.3 Å². The summed E-state index contributed by atoms with van der Waals surface area (Å²) in [6, 6.07) is 0.628. The second-order valence-electron chi connectivity index (χ2n) is 3.76. The van der Waals surface area contributed by atoms with Crippen LogP contribution in [-0.2, 0) is 9.47 Å². The van der Waals surface area contributed by atoms with E-state index in [1.54, 1.807) is 7.11 Å². The van der Waals surface area contributed by atoms with Gasteiger partial charge in [0.05, 0.1) is 25.9 Å². The average molecular weight is 203 g/mol. The van der Waals surface area contributed by atoms with E-state index in [-0.39, 0.29) is 0 Å². The Kier molecular flexibility index (Phi) is 6.10. The molecule has 1 unspecified atom stereocenters. The van der Waals surface area contributed by atoms with Crippen molar-refractivity contribution >= 4 is 0 Å². The molecular formula is C10H21NO3. The van der Waals surface area contributed by atoms with Crippen molar-refractivity contribution in [2.75, 3.05) is 33.5 Å². The highest BCUT2D eigenvalue weighted by molar-refractivity contribution is 4.77. The van der Waals surface area contributed by atoms with Crippen LogP contribution in [0.5, 0.6) is 0 Å². The predicted molar refractivity (Wildman–Crippen MR) is 54.3 cm³/mol. The Labute approximate surface area is 85.6 Å². The summed E-state index contributed by atoms with van der Waals surface area (Å²) in [5.74, 6) is 0. The average Bonchev–Trinajstić information content (AvgIpc) is 2.10. The molecule has 84 valence electrons. The Hall–Kier alpha value is -0.160. The zero-order chi connectivity index (χ0) is 10.2. The third-order valence-corrected chi connectivity index (χ3v) is 2.49. The minimum absolute atomic E-state index is 0.392. The molecule has 0 radical (unpaired) electrons. The van der Waals surface area contributed by atoms with Crippen LogP contribution in [0.4, 0.5) is 0 Å². The number of rotatable bonds is 8. The standard InChI is InChI=1S/C10H21NO3/c1-13-5-6-14-8-10(12)7-11-9-3-2-4-9/h9-12H,2-8H2,1H3. The van der Waals surface area contributed by atoms with Crippen LogP contribution >= 0.6 is 0 Å². The maximum Gasteiger partial charge on any atom is 0.0897 e. The topological polar surface area (TPSA) is 50.7 Å². The van der Waals surface area contributed by atoms with Gasteiger partial charge in [-0.05, 0) is 12.8 Å². The minimum atomic E-state index is -0.396. The lowest BCUT2D eigenvalue weighted by molar-refractivity contribution is 0.0120. The molecule has 1 atom stereocenters. The van der Waals surface area contributed by atoms with E-state index in [1.807, 2.05) is 0 Å². The molecule has 4 heteroatoms. The first-order chi connectivity index (χ1) is 6.83. The Morgan fingerprint density at radius 1 is 1.43 bits per heavy atom. The highest BCUT2D eigenvalue weighted by Crippen LogP contribution is 2.17. The molecule has 0 aromatic heterocycles. The van der Waals surface area contributed by atoms with Gasteiger partial charge in [0.15, 0.2) is 0 Å². The minimum Gasteiger partial charge on any atom is -0.389 e. The van der Waals surface area contributed by atoms with Crippen LogP contribution in [0.3, 0.4) is 0 Å². The van der Waals surface area contributed by atoms with Gasteiger partial charge < -0.3 is 19.9 Å². The molecule has 0 aromatic carbocycles. The van der Waals surface area contributed by atoms with Gasteiger partial charge in [-0.1, -0.05) is 6.42 Å². The first kappa shape index (κ1) is 11.9. The van der Waals surface area contributed by atoms with Crippen LogP contribution in [0.2, 0.25) is 0 Å². The maximum atomic E-state index is 9.49. The zero-order valence-corrected chi connectivity index (χ0v) is 8.87. The van der Waals surface area contributed by atoms with E-state index < -0.39 is 6.10 Å². The Bertz CT molecular complexity index is 139. The molecule has 1 aliphatic rings. The fourth-order valence-corrected chi connectivity index (χ4v) is 1.34. The molecule has 1 saturated carbocycles. The van der Waals surface area contributed by atoms with E-state index in [2.05, 4.69) is 5.32 Å². The number of aliphatic hydroxyl groups is 1. The molecule has 0 aliphatic heterocycles. The molecule has 0 spiro atoms. The summed E-state index contributed by atoms with van der Waals surface area (Å²) in [4.78, 5) is 0. The third kappa shape index (κ3) is 4.91. The summed E-state index contributed by atoms with van der Waals surface area (Å²) in [7, 11) is 1.64. The highest BCUT2D eigenvalue weighted by atomic mass is 16.5. The van der Waals surface area contributed by atoms with E-state index in [0.29, 0.717) is 32.4 Å². The molecule has 1 fully saturated rings. The molecule has 0 saturated heterocycles. The van der Waals surface area contributed by atoms with Gasteiger partial charge in [-0.2, -0.15) is 0 Å². The monoisotopic (exact) mass is 203 g/mol. The fraction of sp³-hybridized carbons (Fsp3) is 1.00. The molecule has 4 nitrogen and oxygen atoms in total. The van der Waals surface area contributed by atoms with Crippen molar-refractivity contribution in [3.63, 3.8) is 0 Å². The predicted octanol–water partition coefficient (Wildman–Crippen LogP) is 0.152. The van der Waals surface area contributed by atoms with Crippen LogP contribution in [-0.4, -0.2) is 50.7 Å². The van der Waals surface area contributed by atoms with Gasteiger partial charge in [0.1, 0.15) is 0 Å². The molecule has 0 bridgehead atoms. The Morgan fingerprint density at radius 3 is 2.79 bits per heavy atom. The number of ether oxygens (including phenoxy) is 2. The van der Waals surface area contributed by atoms with Crippen LogP contribution in [0.15, 0.2) is 0 Å². The second kappa shape index (κ2) is 7.17. The number of hydrogen-bond donors (Lipinski definition) is 2. The summed E-state index contributed by atoms with van der Waals surface area (Å²) >= 11 is 0. The van der Waals surface area contributed by atoms with Gasteiger partial charge in [0, 0.05) is 19.7 Å². The van der Waals surface area contributed by atoms with Crippen molar-refractivity contribution in [1.82, 2.24) is 5.32 Å². The summed E-state index contributed by atoms with van der Waals surface area (Å²) in [6.07, 6.45) is 3.42. The van der Waals surface area contributed by atoms with Gasteiger partial charge in [0.2, 0.25) is 0 Å². The van der Waals surface area contributed by atoms with Crippen molar-refractivity contribution in [2.45, 2.75) is 31.4 Å². The van der Waals surface area contributed by atoms with E-state index in [0.717, 1.165) is 0 Å². The molecule has 14 heavy (non-hydrogen) atoms. The highest BCUT2D eigenvalue weighted by Gasteiger charge is 2.17. The van der Waals surface area contributed by atoms with Crippen LogP contribution in [0, 0.1) is 0 Å². The molecule has 1 rings (SSSR count). The van der Waals surface area contributed by atoms with Crippen LogP contribution in [0.25, 0.3) is 0 Å². The summed E-state index contributed by atoms with van der Waals surface area (Å²) in [5.41, 5.74) is 0. The first-order valence-electron chi connectivity index (χ1n) is 5.31. The van der Waals surface area contributed by atoms with Gasteiger partial charge in [-0.3, -0.25) is 0 Å². The third-order valence-electron chi connectivity index (χ3n) is 2.49. The molecule has 1 aliphatic carbocycles. The fourth-order valence-electron chi connectivity index (χ4n) is 1.34. The molecule has 2 N–H and O–H groups in total. The van der Waals surface area contributed by atoms with Crippen LogP contribution < -0.4 is 5.32 Å². The quantitative estimate of drug-likeness (QED) is 0.551. The van der Waals surface area contributed by atoms with Gasteiger partial charge in [0.25, 0.3) is 0 Å². The van der Waals surface area contributed by atoms with Crippen molar-refractivity contribution in [3.05, 3.63) is 0 Å². The van der Waals surface area contributed by atoms with E-state index >= 15 is 0 Å². The molecular weight excluding hydrogens is 182 g/mol. The van der Waals surface area contributed by atoms with Crippen molar-refractivity contribution in [2.24, 2.45) is 0 Å². The molecule has 0 amide bonds. The lowest BCUT2D eigenvalue weighted by Crippen LogP contribution is -2.41. The molecule has 0 heterocycles. The number of hydrogen-bond acceptors (Lipinski definition) is 4. The van der Waals surface area contributed by atoms with E-state index in [4.69, 9.17) is 9.47 Å². The lowest BCUT2D eigenvalue weighted by Gasteiger charge is -2.27. The Morgan fingerprint density at radius 2 is 2.21 bits per heavy atom. The summed E-state index contributed by atoms with van der Waals surface area (Å²) < 4.78 is 10.0. The SMILES string of the molecule is COCCOCC(O)CNC1CCC1. The van der Waals surface area contributed by atoms with Gasteiger partial charge in [-0.25, -0.2) is 0 Å². The van der Waals surface area contributed by atoms with Crippen molar-refractivity contribution in [3.8, 4) is 0 Å².